The van der Waals surface area contributed by atoms with Crippen molar-refractivity contribution < 1.29 is 0 Å². The molecule has 2 aromatic heterocycles. The predicted octanol–water partition coefficient (Wildman–Crippen LogP) is 2.56. The highest BCUT2D eigenvalue weighted by atomic mass is 32.1. The van der Waals surface area contributed by atoms with E-state index in [2.05, 4.69) is 41.1 Å². The van der Waals surface area contributed by atoms with Gasteiger partial charge in [0.1, 0.15) is 0 Å². The van der Waals surface area contributed by atoms with Gasteiger partial charge in [0.05, 0.1) is 5.69 Å². The zero-order chi connectivity index (χ0) is 11.4. The van der Waals surface area contributed by atoms with Gasteiger partial charge in [0, 0.05) is 25.8 Å². The third kappa shape index (κ3) is 2.51. The normalized spacial score (nSPS) is 10.9. The van der Waals surface area contributed by atoms with Crippen LogP contribution < -0.4 is 5.32 Å². The maximum absolute atomic E-state index is 4.25. The molecule has 0 saturated carbocycles. The van der Waals surface area contributed by atoms with Crippen LogP contribution in [-0.2, 0) is 19.6 Å². The van der Waals surface area contributed by atoms with Crippen LogP contribution in [0.15, 0.2) is 23.0 Å². The van der Waals surface area contributed by atoms with Gasteiger partial charge in [0.15, 0.2) is 0 Å². The molecule has 0 aliphatic carbocycles. The topological polar surface area (TPSA) is 29.9 Å². The largest absolute Gasteiger partial charge is 0.307 e. The molecule has 0 bridgehead atoms. The molecule has 0 atom stereocenters. The summed E-state index contributed by atoms with van der Waals surface area (Å²) in [6, 6.07) is 2.07. The summed E-state index contributed by atoms with van der Waals surface area (Å²) in [5.74, 6) is 0. The van der Waals surface area contributed by atoms with E-state index >= 15 is 0 Å². The van der Waals surface area contributed by atoms with Crippen LogP contribution in [0.5, 0.6) is 0 Å². The average molecular weight is 235 g/mol. The lowest BCUT2D eigenvalue weighted by Gasteiger charge is -2.06. The molecule has 3 nitrogen and oxygen atoms in total. The fraction of sp³-hybridized carbons (Fsp3) is 0.417. The Labute approximate surface area is 100 Å². The molecular weight excluding hydrogens is 218 g/mol. The Bertz CT molecular complexity index is 445. The first-order valence-corrected chi connectivity index (χ1v) is 6.48. The Morgan fingerprint density at radius 2 is 2.25 bits per heavy atom. The fourth-order valence-corrected chi connectivity index (χ4v) is 2.55. The number of aromatic nitrogens is 2. The van der Waals surface area contributed by atoms with Gasteiger partial charge < -0.3 is 5.32 Å². The molecule has 2 heterocycles. The first-order chi connectivity index (χ1) is 7.81. The SMILES string of the molecule is CCn1nccc1CNCc1cscc1C. The number of thiophene rings is 1. The molecule has 0 aromatic carbocycles. The summed E-state index contributed by atoms with van der Waals surface area (Å²) in [4.78, 5) is 0. The number of nitrogens with zero attached hydrogens (tertiary/aromatic N) is 2. The van der Waals surface area contributed by atoms with Crippen molar-refractivity contribution in [3.8, 4) is 0 Å². The molecule has 2 aromatic rings. The summed E-state index contributed by atoms with van der Waals surface area (Å²) in [6.07, 6.45) is 1.86. The molecule has 0 aliphatic heterocycles. The Morgan fingerprint density at radius 3 is 2.94 bits per heavy atom. The zero-order valence-corrected chi connectivity index (χ0v) is 10.5. The first kappa shape index (κ1) is 11.4. The summed E-state index contributed by atoms with van der Waals surface area (Å²) < 4.78 is 2.02. The van der Waals surface area contributed by atoms with Crippen LogP contribution in [0, 0.1) is 6.92 Å². The number of nitrogens with one attached hydrogen (secondary N) is 1. The molecule has 0 aliphatic rings. The van der Waals surface area contributed by atoms with Crippen molar-refractivity contribution in [2.75, 3.05) is 0 Å². The Morgan fingerprint density at radius 1 is 1.38 bits per heavy atom. The van der Waals surface area contributed by atoms with Gasteiger partial charge in [0.25, 0.3) is 0 Å². The summed E-state index contributed by atoms with van der Waals surface area (Å²) in [6.45, 7) is 7.01. The van der Waals surface area contributed by atoms with Gasteiger partial charge in [-0.1, -0.05) is 0 Å². The van der Waals surface area contributed by atoms with Crippen molar-refractivity contribution >= 4 is 11.3 Å². The highest BCUT2D eigenvalue weighted by Crippen LogP contribution is 2.13. The van der Waals surface area contributed by atoms with Crippen LogP contribution in [0.25, 0.3) is 0 Å². The van der Waals surface area contributed by atoms with Crippen LogP contribution in [0.2, 0.25) is 0 Å². The lowest BCUT2D eigenvalue weighted by atomic mass is 10.2. The molecule has 0 spiro atoms. The number of hydrogen-bond donors (Lipinski definition) is 1. The lowest BCUT2D eigenvalue weighted by Crippen LogP contribution is -2.16. The number of rotatable bonds is 5. The molecule has 0 unspecified atom stereocenters. The lowest BCUT2D eigenvalue weighted by molar-refractivity contribution is 0.581. The van der Waals surface area contributed by atoms with E-state index in [1.54, 1.807) is 11.3 Å². The minimum absolute atomic E-state index is 0.878. The third-order valence-electron chi connectivity index (χ3n) is 2.69. The van der Waals surface area contributed by atoms with Crippen LogP contribution >= 0.6 is 11.3 Å². The van der Waals surface area contributed by atoms with Gasteiger partial charge in [-0.05, 0) is 41.8 Å². The van der Waals surface area contributed by atoms with Crippen molar-refractivity contribution in [1.82, 2.24) is 15.1 Å². The van der Waals surface area contributed by atoms with E-state index in [0.717, 1.165) is 19.6 Å². The van der Waals surface area contributed by atoms with Crippen LogP contribution in [0.1, 0.15) is 23.7 Å². The van der Waals surface area contributed by atoms with E-state index in [0.29, 0.717) is 0 Å². The molecule has 1 N–H and O–H groups in total. The van der Waals surface area contributed by atoms with E-state index in [1.807, 2.05) is 10.9 Å². The summed E-state index contributed by atoms with van der Waals surface area (Å²) in [7, 11) is 0. The molecule has 0 amide bonds. The average Bonchev–Trinajstić information content (AvgIpc) is 2.88. The molecule has 0 radical (unpaired) electrons. The van der Waals surface area contributed by atoms with Gasteiger partial charge >= 0.3 is 0 Å². The van der Waals surface area contributed by atoms with E-state index in [9.17, 15) is 0 Å². The smallest absolute Gasteiger partial charge is 0.0522 e. The molecule has 86 valence electrons. The van der Waals surface area contributed by atoms with Gasteiger partial charge in [-0.25, -0.2) is 0 Å². The standard InChI is InChI=1S/C12H17N3S/c1-3-15-12(4-5-14-15)7-13-6-11-9-16-8-10(11)2/h4-5,8-9,13H,3,6-7H2,1-2H3. The second kappa shape index (κ2) is 5.27. The van der Waals surface area contributed by atoms with E-state index < -0.39 is 0 Å². The van der Waals surface area contributed by atoms with E-state index in [1.165, 1.54) is 16.8 Å². The van der Waals surface area contributed by atoms with Crippen molar-refractivity contribution in [1.29, 1.82) is 0 Å². The number of hydrogen-bond acceptors (Lipinski definition) is 3. The van der Waals surface area contributed by atoms with Crippen LogP contribution in [0.4, 0.5) is 0 Å². The highest BCUT2D eigenvalue weighted by Gasteiger charge is 2.01. The summed E-state index contributed by atoms with van der Waals surface area (Å²) in [5, 5.41) is 12.1. The Hall–Kier alpha value is -1.13. The Kier molecular flexibility index (Phi) is 3.74. The molecule has 16 heavy (non-hydrogen) atoms. The van der Waals surface area contributed by atoms with Gasteiger partial charge in [-0.2, -0.15) is 16.4 Å². The molecule has 0 fully saturated rings. The van der Waals surface area contributed by atoms with Gasteiger partial charge in [0.2, 0.25) is 0 Å². The fourth-order valence-electron chi connectivity index (χ4n) is 1.69. The second-order valence-corrected chi connectivity index (χ2v) is 4.57. The van der Waals surface area contributed by atoms with Crippen molar-refractivity contribution in [2.45, 2.75) is 33.5 Å². The third-order valence-corrected chi connectivity index (χ3v) is 3.60. The quantitative estimate of drug-likeness (QED) is 0.863. The summed E-state index contributed by atoms with van der Waals surface area (Å²) in [5.41, 5.74) is 4.02. The minimum Gasteiger partial charge on any atom is -0.307 e. The number of aryl methyl sites for hydroxylation is 2. The zero-order valence-electron chi connectivity index (χ0n) is 9.73. The first-order valence-electron chi connectivity index (χ1n) is 5.54. The Balaban J connectivity index is 1.87. The predicted molar refractivity (Wildman–Crippen MR) is 67.5 cm³/mol. The molecule has 2 rings (SSSR count). The molecule has 4 heteroatoms. The molecular formula is C12H17N3S. The maximum atomic E-state index is 4.25. The second-order valence-electron chi connectivity index (χ2n) is 3.82. The van der Waals surface area contributed by atoms with Crippen molar-refractivity contribution in [2.24, 2.45) is 0 Å². The van der Waals surface area contributed by atoms with E-state index in [4.69, 9.17) is 0 Å². The van der Waals surface area contributed by atoms with Crippen molar-refractivity contribution in [3.05, 3.63) is 39.8 Å². The maximum Gasteiger partial charge on any atom is 0.0522 e. The van der Waals surface area contributed by atoms with Crippen LogP contribution in [-0.4, -0.2) is 9.78 Å². The van der Waals surface area contributed by atoms with Crippen molar-refractivity contribution in [3.63, 3.8) is 0 Å². The minimum atomic E-state index is 0.878. The summed E-state index contributed by atoms with van der Waals surface area (Å²) >= 11 is 1.76. The monoisotopic (exact) mass is 235 g/mol. The molecule has 0 saturated heterocycles. The van der Waals surface area contributed by atoms with Gasteiger partial charge in [-0.3, -0.25) is 4.68 Å². The van der Waals surface area contributed by atoms with E-state index in [-0.39, 0.29) is 0 Å². The highest BCUT2D eigenvalue weighted by molar-refractivity contribution is 7.08. The van der Waals surface area contributed by atoms with Crippen LogP contribution in [0.3, 0.4) is 0 Å². The van der Waals surface area contributed by atoms with Gasteiger partial charge in [-0.15, -0.1) is 0 Å².